The van der Waals surface area contributed by atoms with Gasteiger partial charge in [0.05, 0.1) is 20.3 Å². The number of carbonyl (C=O) groups excluding carboxylic acids is 1. The van der Waals surface area contributed by atoms with E-state index in [0.717, 1.165) is 11.1 Å². The van der Waals surface area contributed by atoms with Crippen molar-refractivity contribution in [3.63, 3.8) is 0 Å². The second kappa shape index (κ2) is 8.60. The molecule has 24 heavy (non-hydrogen) atoms. The van der Waals surface area contributed by atoms with Crippen molar-refractivity contribution < 1.29 is 14.3 Å². The van der Waals surface area contributed by atoms with E-state index in [1.54, 1.807) is 14.2 Å². The van der Waals surface area contributed by atoms with E-state index < -0.39 is 0 Å². The molecule has 2 aromatic carbocycles. The summed E-state index contributed by atoms with van der Waals surface area (Å²) in [4.78, 5) is 12.2. The molecule has 1 atom stereocenters. The molecule has 5 heteroatoms. The van der Waals surface area contributed by atoms with E-state index in [0.29, 0.717) is 29.4 Å². The van der Waals surface area contributed by atoms with Crippen molar-refractivity contribution in [3.8, 4) is 11.5 Å². The van der Waals surface area contributed by atoms with Crippen LogP contribution < -0.4 is 14.8 Å². The number of nitrogens with one attached hydrogen (secondary N) is 1. The summed E-state index contributed by atoms with van der Waals surface area (Å²) < 4.78 is 10.5. The topological polar surface area (TPSA) is 47.6 Å². The lowest BCUT2D eigenvalue weighted by atomic mass is 10.1. The molecule has 0 saturated heterocycles. The highest BCUT2D eigenvalue weighted by atomic mass is 35.5. The van der Waals surface area contributed by atoms with Crippen LogP contribution in [0.4, 0.5) is 0 Å². The van der Waals surface area contributed by atoms with E-state index in [1.807, 2.05) is 49.4 Å². The van der Waals surface area contributed by atoms with Gasteiger partial charge in [-0.1, -0.05) is 29.8 Å². The fourth-order valence-corrected chi connectivity index (χ4v) is 2.68. The molecule has 0 aliphatic rings. The molecule has 1 amide bonds. The van der Waals surface area contributed by atoms with Gasteiger partial charge in [-0.25, -0.2) is 0 Å². The minimum atomic E-state index is -0.114. The molecule has 0 saturated carbocycles. The van der Waals surface area contributed by atoms with Gasteiger partial charge in [-0.3, -0.25) is 4.79 Å². The Hall–Kier alpha value is -2.20. The van der Waals surface area contributed by atoms with E-state index in [1.165, 1.54) is 0 Å². The maximum atomic E-state index is 12.2. The quantitative estimate of drug-likeness (QED) is 0.817. The van der Waals surface area contributed by atoms with Crippen LogP contribution in [-0.4, -0.2) is 20.1 Å². The van der Waals surface area contributed by atoms with Gasteiger partial charge in [0.15, 0.2) is 11.5 Å². The highest BCUT2D eigenvalue weighted by Gasteiger charge is 2.12. The number of carbonyl (C=O) groups is 1. The second-order valence-electron chi connectivity index (χ2n) is 5.53. The largest absolute Gasteiger partial charge is 0.493 e. The van der Waals surface area contributed by atoms with Gasteiger partial charge in [0, 0.05) is 11.4 Å². The molecular weight excluding hydrogens is 326 g/mol. The fourth-order valence-electron chi connectivity index (χ4n) is 2.47. The predicted molar refractivity (Wildman–Crippen MR) is 95.9 cm³/mol. The summed E-state index contributed by atoms with van der Waals surface area (Å²) in [6.45, 7) is 1.94. The lowest BCUT2D eigenvalue weighted by molar-refractivity contribution is -0.121. The minimum absolute atomic E-state index is 0.00254. The van der Waals surface area contributed by atoms with Crippen molar-refractivity contribution in [2.24, 2.45) is 0 Å². The van der Waals surface area contributed by atoms with Gasteiger partial charge in [0.25, 0.3) is 0 Å². The summed E-state index contributed by atoms with van der Waals surface area (Å²) in [5.74, 6) is 1.31. The van der Waals surface area contributed by atoms with Gasteiger partial charge in [-0.15, -0.1) is 0 Å². The summed E-state index contributed by atoms with van der Waals surface area (Å²) in [5.41, 5.74) is 2.01. The molecule has 128 valence electrons. The number of hydrogen-bond donors (Lipinski definition) is 1. The number of methoxy groups -OCH3 is 2. The van der Waals surface area contributed by atoms with Crippen LogP contribution in [-0.2, 0) is 11.2 Å². The molecule has 2 rings (SSSR count). The minimum Gasteiger partial charge on any atom is -0.493 e. The Balaban J connectivity index is 1.93. The summed E-state index contributed by atoms with van der Waals surface area (Å²) in [5, 5.41) is 3.69. The van der Waals surface area contributed by atoms with Crippen LogP contribution in [0.15, 0.2) is 42.5 Å². The number of aryl methyl sites for hydroxylation is 1. The van der Waals surface area contributed by atoms with Crippen LogP contribution in [0.5, 0.6) is 11.5 Å². The van der Waals surface area contributed by atoms with Crippen LogP contribution >= 0.6 is 11.6 Å². The molecule has 0 heterocycles. The number of hydrogen-bond acceptors (Lipinski definition) is 3. The Kier molecular flexibility index (Phi) is 6.50. The van der Waals surface area contributed by atoms with Crippen LogP contribution in [0.1, 0.15) is 30.5 Å². The van der Waals surface area contributed by atoms with Crippen molar-refractivity contribution in [1.82, 2.24) is 5.32 Å². The maximum absolute atomic E-state index is 12.2. The maximum Gasteiger partial charge on any atom is 0.220 e. The highest BCUT2D eigenvalue weighted by Crippen LogP contribution is 2.29. The van der Waals surface area contributed by atoms with Gasteiger partial charge < -0.3 is 14.8 Å². The van der Waals surface area contributed by atoms with Gasteiger partial charge in [0.1, 0.15) is 0 Å². The molecule has 0 aliphatic heterocycles. The number of halogens is 1. The molecule has 1 unspecified atom stereocenters. The van der Waals surface area contributed by atoms with Crippen molar-refractivity contribution in [3.05, 3.63) is 58.6 Å². The van der Waals surface area contributed by atoms with Crippen molar-refractivity contribution in [2.45, 2.75) is 25.8 Å². The summed E-state index contributed by atoms with van der Waals surface area (Å²) in [6, 6.07) is 13.1. The van der Waals surface area contributed by atoms with Gasteiger partial charge in [-0.05, 0) is 48.7 Å². The van der Waals surface area contributed by atoms with E-state index in [2.05, 4.69) is 5.32 Å². The molecule has 2 aromatic rings. The van der Waals surface area contributed by atoms with Crippen molar-refractivity contribution in [1.29, 1.82) is 0 Å². The summed E-state index contributed by atoms with van der Waals surface area (Å²) >= 11 is 5.96. The smallest absolute Gasteiger partial charge is 0.220 e. The lowest BCUT2D eigenvalue weighted by Crippen LogP contribution is -2.26. The van der Waals surface area contributed by atoms with E-state index in [4.69, 9.17) is 21.1 Å². The van der Waals surface area contributed by atoms with Crippen molar-refractivity contribution in [2.75, 3.05) is 14.2 Å². The van der Waals surface area contributed by atoms with Crippen LogP contribution in [0.2, 0.25) is 5.02 Å². The number of ether oxygens (including phenoxy) is 2. The van der Waals surface area contributed by atoms with Crippen LogP contribution in [0, 0.1) is 0 Å². The fraction of sp³-hybridized carbons (Fsp3) is 0.316. The van der Waals surface area contributed by atoms with Crippen molar-refractivity contribution >= 4 is 17.5 Å². The Labute approximate surface area is 147 Å². The van der Waals surface area contributed by atoms with E-state index >= 15 is 0 Å². The third kappa shape index (κ3) is 4.90. The molecule has 0 radical (unpaired) electrons. The molecule has 0 aliphatic carbocycles. The monoisotopic (exact) mass is 347 g/mol. The summed E-state index contributed by atoms with van der Waals surface area (Å²) in [7, 11) is 3.19. The molecule has 0 bridgehead atoms. The standard InChI is InChI=1S/C19H22ClNO3/c1-13(15-8-9-17(23-2)18(12-15)24-3)21-19(22)10-7-14-5-4-6-16(20)11-14/h4-6,8-9,11-13H,7,10H2,1-3H3,(H,21,22). The zero-order valence-corrected chi connectivity index (χ0v) is 14.9. The zero-order valence-electron chi connectivity index (χ0n) is 14.1. The Morgan fingerprint density at radius 1 is 1.12 bits per heavy atom. The number of benzene rings is 2. The Morgan fingerprint density at radius 3 is 2.54 bits per heavy atom. The lowest BCUT2D eigenvalue weighted by Gasteiger charge is -2.16. The first-order chi connectivity index (χ1) is 11.5. The van der Waals surface area contributed by atoms with E-state index in [9.17, 15) is 4.79 Å². The van der Waals surface area contributed by atoms with Crippen LogP contribution in [0.25, 0.3) is 0 Å². The Bertz CT molecular complexity index is 703. The van der Waals surface area contributed by atoms with Gasteiger partial charge in [-0.2, -0.15) is 0 Å². The van der Waals surface area contributed by atoms with Crippen LogP contribution in [0.3, 0.4) is 0 Å². The normalized spacial score (nSPS) is 11.7. The zero-order chi connectivity index (χ0) is 17.5. The molecular formula is C19H22ClNO3. The molecule has 4 nitrogen and oxygen atoms in total. The third-order valence-electron chi connectivity index (χ3n) is 3.81. The average molecular weight is 348 g/mol. The summed E-state index contributed by atoms with van der Waals surface area (Å²) in [6.07, 6.45) is 1.07. The third-order valence-corrected chi connectivity index (χ3v) is 4.05. The first-order valence-electron chi connectivity index (χ1n) is 7.79. The number of amides is 1. The first kappa shape index (κ1) is 18.1. The second-order valence-corrected chi connectivity index (χ2v) is 5.97. The van der Waals surface area contributed by atoms with Gasteiger partial charge >= 0.3 is 0 Å². The van der Waals surface area contributed by atoms with E-state index in [-0.39, 0.29) is 11.9 Å². The SMILES string of the molecule is COc1ccc(C(C)NC(=O)CCc2cccc(Cl)c2)cc1OC. The average Bonchev–Trinajstić information content (AvgIpc) is 2.59. The predicted octanol–water partition coefficient (Wildman–Crippen LogP) is 4.17. The molecule has 0 spiro atoms. The molecule has 0 fully saturated rings. The molecule has 0 aromatic heterocycles. The van der Waals surface area contributed by atoms with Gasteiger partial charge in [0.2, 0.25) is 5.91 Å². The highest BCUT2D eigenvalue weighted by molar-refractivity contribution is 6.30. The molecule has 1 N–H and O–H groups in total. The Morgan fingerprint density at radius 2 is 1.88 bits per heavy atom. The first-order valence-corrected chi connectivity index (χ1v) is 8.17. The number of rotatable bonds is 7.